The molecule has 0 saturated carbocycles. The van der Waals surface area contributed by atoms with E-state index in [1.165, 1.54) is 11.1 Å². The number of nitrogens with zero attached hydrogens (tertiary/aromatic N) is 5. The number of guanidine groups is 1. The second kappa shape index (κ2) is 10.0. The summed E-state index contributed by atoms with van der Waals surface area (Å²) in [5.41, 5.74) is 2.81. The molecule has 0 aliphatic carbocycles. The first-order valence-electron chi connectivity index (χ1n) is 11.1. The predicted molar refractivity (Wildman–Crippen MR) is 117 cm³/mol. The summed E-state index contributed by atoms with van der Waals surface area (Å²) < 4.78 is 0. The normalized spacial score (nSPS) is 19.5. The van der Waals surface area contributed by atoms with Crippen LogP contribution in [0.25, 0.3) is 0 Å². The van der Waals surface area contributed by atoms with E-state index in [1.807, 2.05) is 0 Å². The van der Waals surface area contributed by atoms with E-state index in [9.17, 15) is 5.11 Å². The molecule has 8 heteroatoms. The van der Waals surface area contributed by atoms with Crippen molar-refractivity contribution in [2.75, 3.05) is 39.3 Å². The molecule has 0 spiro atoms. The quantitative estimate of drug-likeness (QED) is 0.491. The Bertz CT molecular complexity index is 815. The summed E-state index contributed by atoms with van der Waals surface area (Å²) in [5, 5.41) is 21.0. The van der Waals surface area contributed by atoms with Gasteiger partial charge in [0.15, 0.2) is 5.96 Å². The fourth-order valence-corrected chi connectivity index (χ4v) is 4.46. The van der Waals surface area contributed by atoms with Gasteiger partial charge in [0.25, 0.3) is 0 Å². The highest BCUT2D eigenvalue weighted by atomic mass is 16.3. The van der Waals surface area contributed by atoms with Crippen LogP contribution in [0.5, 0.6) is 0 Å². The van der Waals surface area contributed by atoms with Crippen molar-refractivity contribution in [1.82, 2.24) is 30.3 Å². The number of aliphatic hydroxyl groups excluding tert-OH is 1. The van der Waals surface area contributed by atoms with Gasteiger partial charge in [0.05, 0.1) is 12.6 Å². The molecule has 3 heterocycles. The van der Waals surface area contributed by atoms with Crippen LogP contribution in [-0.2, 0) is 13.0 Å². The number of aliphatic imine (C=N–C) groups is 1. The molecule has 162 valence electrons. The number of fused-ring (bicyclic) bond motifs is 1. The van der Waals surface area contributed by atoms with Crippen molar-refractivity contribution in [1.29, 1.82) is 0 Å². The molecule has 2 aliphatic rings. The standard InChI is InChI=1S/C22H33N7O/c1-2-23-22(29-11-8-18(9-12-29)21-25-16-26-27-21)24-13-20(30)15-28-10-7-17-5-3-4-6-19(17)14-28/h3-6,16,18,20,30H,2,7-15H2,1H3,(H,23,24)(H,25,26,27). The highest BCUT2D eigenvalue weighted by Gasteiger charge is 2.25. The highest BCUT2D eigenvalue weighted by molar-refractivity contribution is 5.80. The Morgan fingerprint density at radius 2 is 2.07 bits per heavy atom. The van der Waals surface area contributed by atoms with E-state index < -0.39 is 6.10 Å². The lowest BCUT2D eigenvalue weighted by atomic mass is 9.96. The summed E-state index contributed by atoms with van der Waals surface area (Å²) in [6.07, 6.45) is 4.21. The Labute approximate surface area is 178 Å². The summed E-state index contributed by atoms with van der Waals surface area (Å²) >= 11 is 0. The Morgan fingerprint density at radius 3 is 2.80 bits per heavy atom. The first-order chi connectivity index (χ1) is 14.7. The van der Waals surface area contributed by atoms with Crippen molar-refractivity contribution in [3.8, 4) is 0 Å². The van der Waals surface area contributed by atoms with Crippen LogP contribution in [-0.4, -0.2) is 81.4 Å². The number of aliphatic hydroxyl groups is 1. The van der Waals surface area contributed by atoms with Gasteiger partial charge in [-0.2, -0.15) is 5.10 Å². The molecule has 0 bridgehead atoms. The summed E-state index contributed by atoms with van der Waals surface area (Å²) in [7, 11) is 0. The number of rotatable bonds is 6. The molecule has 30 heavy (non-hydrogen) atoms. The zero-order chi connectivity index (χ0) is 20.8. The number of hydrogen-bond acceptors (Lipinski definition) is 5. The molecule has 1 saturated heterocycles. The van der Waals surface area contributed by atoms with Crippen LogP contribution in [0.4, 0.5) is 0 Å². The van der Waals surface area contributed by atoms with Crippen molar-refractivity contribution in [3.63, 3.8) is 0 Å². The number of likely N-dealkylation sites (tertiary alicyclic amines) is 1. The minimum atomic E-state index is -0.462. The maximum atomic E-state index is 10.6. The molecule has 2 aliphatic heterocycles. The molecular weight excluding hydrogens is 378 g/mol. The van der Waals surface area contributed by atoms with Gasteiger partial charge in [0.1, 0.15) is 12.2 Å². The molecule has 2 aromatic rings. The van der Waals surface area contributed by atoms with Crippen LogP contribution in [0, 0.1) is 0 Å². The number of H-pyrrole nitrogens is 1. The van der Waals surface area contributed by atoms with Gasteiger partial charge in [-0.3, -0.25) is 15.0 Å². The van der Waals surface area contributed by atoms with Crippen molar-refractivity contribution in [2.45, 2.75) is 44.8 Å². The lowest BCUT2D eigenvalue weighted by Gasteiger charge is -2.34. The van der Waals surface area contributed by atoms with E-state index in [2.05, 4.69) is 61.5 Å². The summed E-state index contributed by atoms with van der Waals surface area (Å²) in [6, 6.07) is 8.60. The van der Waals surface area contributed by atoms with E-state index >= 15 is 0 Å². The van der Waals surface area contributed by atoms with E-state index in [-0.39, 0.29) is 0 Å². The Morgan fingerprint density at radius 1 is 1.27 bits per heavy atom. The van der Waals surface area contributed by atoms with Gasteiger partial charge in [-0.25, -0.2) is 4.98 Å². The second-order valence-electron chi connectivity index (χ2n) is 8.23. The monoisotopic (exact) mass is 411 g/mol. The van der Waals surface area contributed by atoms with Crippen molar-refractivity contribution < 1.29 is 5.11 Å². The third-order valence-electron chi connectivity index (χ3n) is 6.08. The fraction of sp³-hybridized carbons (Fsp3) is 0.591. The summed E-state index contributed by atoms with van der Waals surface area (Å²) in [6.45, 7) is 7.73. The van der Waals surface area contributed by atoms with Crippen LogP contribution in [0.15, 0.2) is 35.6 Å². The molecule has 3 N–H and O–H groups in total. The first-order valence-corrected chi connectivity index (χ1v) is 11.1. The minimum Gasteiger partial charge on any atom is -0.390 e. The fourth-order valence-electron chi connectivity index (χ4n) is 4.46. The number of aromatic amines is 1. The highest BCUT2D eigenvalue weighted by Crippen LogP contribution is 2.25. The molecular formula is C22H33N7O. The number of hydrogen-bond donors (Lipinski definition) is 3. The lowest BCUT2D eigenvalue weighted by Crippen LogP contribution is -2.46. The summed E-state index contributed by atoms with van der Waals surface area (Å²) in [5.74, 6) is 2.31. The van der Waals surface area contributed by atoms with Gasteiger partial charge in [-0.05, 0) is 37.3 Å². The Hall–Kier alpha value is -2.45. The average Bonchev–Trinajstić information content (AvgIpc) is 3.32. The third kappa shape index (κ3) is 5.17. The number of β-amino-alcohol motifs (C(OH)–C–C–N with tert-alkyl or cyclic N) is 1. The van der Waals surface area contributed by atoms with Crippen LogP contribution < -0.4 is 5.32 Å². The predicted octanol–water partition coefficient (Wildman–Crippen LogP) is 1.37. The topological polar surface area (TPSA) is 92.7 Å². The van der Waals surface area contributed by atoms with Crippen molar-refractivity contribution >= 4 is 5.96 Å². The van der Waals surface area contributed by atoms with Gasteiger partial charge in [0, 0.05) is 45.2 Å². The third-order valence-corrected chi connectivity index (χ3v) is 6.08. The van der Waals surface area contributed by atoms with Gasteiger partial charge in [-0.1, -0.05) is 24.3 Å². The van der Waals surface area contributed by atoms with E-state index in [1.54, 1.807) is 6.33 Å². The van der Waals surface area contributed by atoms with E-state index in [0.717, 1.165) is 63.8 Å². The number of benzene rings is 1. The van der Waals surface area contributed by atoms with Crippen LogP contribution in [0.1, 0.15) is 42.6 Å². The Kier molecular flexibility index (Phi) is 6.96. The number of aromatic nitrogens is 3. The largest absolute Gasteiger partial charge is 0.390 e. The second-order valence-corrected chi connectivity index (χ2v) is 8.23. The molecule has 0 radical (unpaired) electrons. The van der Waals surface area contributed by atoms with Crippen LogP contribution in [0.3, 0.4) is 0 Å². The van der Waals surface area contributed by atoms with E-state index in [0.29, 0.717) is 19.0 Å². The lowest BCUT2D eigenvalue weighted by molar-refractivity contribution is 0.111. The molecule has 1 fully saturated rings. The smallest absolute Gasteiger partial charge is 0.194 e. The molecule has 8 nitrogen and oxygen atoms in total. The van der Waals surface area contributed by atoms with Crippen LogP contribution in [0.2, 0.25) is 0 Å². The first kappa shape index (κ1) is 20.8. The average molecular weight is 412 g/mol. The number of nitrogens with one attached hydrogen (secondary N) is 2. The Balaban J connectivity index is 1.28. The van der Waals surface area contributed by atoms with Gasteiger partial charge in [-0.15, -0.1) is 0 Å². The SMILES string of the molecule is CCNC(=NCC(O)CN1CCc2ccccc2C1)N1CCC(c2ncn[nH]2)CC1. The van der Waals surface area contributed by atoms with Gasteiger partial charge >= 0.3 is 0 Å². The van der Waals surface area contributed by atoms with Gasteiger partial charge in [0.2, 0.25) is 0 Å². The molecule has 1 atom stereocenters. The van der Waals surface area contributed by atoms with Crippen molar-refractivity contribution in [2.24, 2.45) is 4.99 Å². The zero-order valence-corrected chi connectivity index (χ0v) is 17.8. The maximum absolute atomic E-state index is 10.6. The zero-order valence-electron chi connectivity index (χ0n) is 17.8. The number of piperidine rings is 1. The minimum absolute atomic E-state index is 0.419. The molecule has 0 amide bonds. The van der Waals surface area contributed by atoms with Crippen molar-refractivity contribution in [3.05, 3.63) is 47.5 Å². The molecule has 4 rings (SSSR count). The molecule has 1 aromatic heterocycles. The van der Waals surface area contributed by atoms with Crippen LogP contribution >= 0.6 is 0 Å². The van der Waals surface area contributed by atoms with E-state index in [4.69, 9.17) is 4.99 Å². The summed E-state index contributed by atoms with van der Waals surface area (Å²) in [4.78, 5) is 13.7. The van der Waals surface area contributed by atoms with Gasteiger partial charge < -0.3 is 15.3 Å². The maximum Gasteiger partial charge on any atom is 0.194 e. The molecule has 1 aromatic carbocycles. The molecule has 1 unspecified atom stereocenters.